The number of nitrogens with one attached hydrogen (secondary N) is 2. The largest absolute Gasteiger partial charge is 0.368 e. The number of rotatable bonds is 4. The van der Waals surface area contributed by atoms with Crippen molar-refractivity contribution < 1.29 is 14.1 Å². The van der Waals surface area contributed by atoms with Gasteiger partial charge in [0.15, 0.2) is 5.82 Å². The first-order chi connectivity index (χ1) is 10.2. The van der Waals surface area contributed by atoms with Gasteiger partial charge in [-0.05, 0) is 31.9 Å². The first-order valence-electron chi connectivity index (χ1n) is 6.79. The molecule has 0 aliphatic carbocycles. The van der Waals surface area contributed by atoms with Crippen molar-refractivity contribution >= 4 is 23.2 Å². The van der Waals surface area contributed by atoms with Crippen molar-refractivity contribution in [3.8, 4) is 0 Å². The Hall–Kier alpha value is -2.41. The third kappa shape index (κ3) is 3.38. The third-order valence-corrected chi connectivity index (χ3v) is 3.14. The van der Waals surface area contributed by atoms with Crippen LogP contribution in [0.15, 0.2) is 28.9 Å². The number of pyridine rings is 1. The molecule has 3 heterocycles. The Balaban J connectivity index is 1.59. The van der Waals surface area contributed by atoms with Crippen LogP contribution in [0.1, 0.15) is 18.6 Å². The van der Waals surface area contributed by atoms with Crippen molar-refractivity contribution in [1.82, 2.24) is 10.1 Å². The Labute approximate surface area is 121 Å². The minimum Gasteiger partial charge on any atom is -0.368 e. The van der Waals surface area contributed by atoms with Gasteiger partial charge < -0.3 is 19.9 Å². The second-order valence-electron chi connectivity index (χ2n) is 4.87. The minimum absolute atomic E-state index is 0.146. The zero-order chi connectivity index (χ0) is 14.7. The number of carbonyl (C=O) groups is 1. The maximum Gasteiger partial charge on any atom is 0.254 e. The minimum atomic E-state index is -0.359. The maximum atomic E-state index is 11.9. The number of anilines is 3. The van der Waals surface area contributed by atoms with E-state index < -0.39 is 0 Å². The number of aryl methyl sites for hydroxylation is 1. The molecule has 1 fully saturated rings. The molecule has 1 atom stereocenters. The van der Waals surface area contributed by atoms with Gasteiger partial charge in [0.1, 0.15) is 17.7 Å². The topological polar surface area (TPSA) is 89.3 Å². The highest BCUT2D eigenvalue weighted by Crippen LogP contribution is 2.18. The smallest absolute Gasteiger partial charge is 0.254 e. The van der Waals surface area contributed by atoms with E-state index in [1.165, 1.54) is 0 Å². The average molecular weight is 288 g/mol. The molecule has 1 saturated heterocycles. The van der Waals surface area contributed by atoms with E-state index in [0.29, 0.717) is 18.2 Å². The maximum absolute atomic E-state index is 11.9. The SMILES string of the molecule is Cc1cc(Nc2ccc(NC(=O)C3CCCO3)nc2)no1. The van der Waals surface area contributed by atoms with Crippen molar-refractivity contribution in [2.75, 3.05) is 17.2 Å². The predicted molar refractivity (Wildman–Crippen MR) is 76.4 cm³/mol. The summed E-state index contributed by atoms with van der Waals surface area (Å²) in [5.74, 6) is 1.70. The summed E-state index contributed by atoms with van der Waals surface area (Å²) in [6.07, 6.45) is 2.94. The molecule has 0 aromatic carbocycles. The number of nitrogens with zero attached hydrogens (tertiary/aromatic N) is 2. The van der Waals surface area contributed by atoms with Crippen LogP contribution in [-0.2, 0) is 9.53 Å². The number of amides is 1. The fourth-order valence-corrected chi connectivity index (χ4v) is 2.11. The van der Waals surface area contributed by atoms with Gasteiger partial charge in [0.25, 0.3) is 5.91 Å². The molecular formula is C14H16N4O3. The monoisotopic (exact) mass is 288 g/mol. The van der Waals surface area contributed by atoms with E-state index in [1.807, 2.05) is 13.0 Å². The summed E-state index contributed by atoms with van der Waals surface area (Å²) in [7, 11) is 0. The molecule has 2 N–H and O–H groups in total. The molecule has 1 unspecified atom stereocenters. The summed E-state index contributed by atoms with van der Waals surface area (Å²) in [5, 5.41) is 9.63. The van der Waals surface area contributed by atoms with Gasteiger partial charge in [-0.25, -0.2) is 4.98 Å². The lowest BCUT2D eigenvalue weighted by molar-refractivity contribution is -0.124. The van der Waals surface area contributed by atoms with Crippen molar-refractivity contribution in [3.05, 3.63) is 30.2 Å². The van der Waals surface area contributed by atoms with E-state index in [0.717, 1.165) is 24.3 Å². The Bertz CT molecular complexity index is 617. The van der Waals surface area contributed by atoms with Gasteiger partial charge in [-0.2, -0.15) is 0 Å². The van der Waals surface area contributed by atoms with Gasteiger partial charge >= 0.3 is 0 Å². The van der Waals surface area contributed by atoms with Crippen LogP contribution in [0.4, 0.5) is 17.3 Å². The molecule has 1 aliphatic heterocycles. The quantitative estimate of drug-likeness (QED) is 0.896. The zero-order valence-corrected chi connectivity index (χ0v) is 11.6. The lowest BCUT2D eigenvalue weighted by Gasteiger charge is -2.10. The molecule has 1 aliphatic rings. The van der Waals surface area contributed by atoms with Crippen LogP contribution < -0.4 is 10.6 Å². The highest BCUT2D eigenvalue weighted by molar-refractivity contribution is 5.93. The van der Waals surface area contributed by atoms with Crippen LogP contribution in [0.5, 0.6) is 0 Å². The van der Waals surface area contributed by atoms with Crippen LogP contribution in [0.2, 0.25) is 0 Å². The van der Waals surface area contributed by atoms with Crippen molar-refractivity contribution in [1.29, 1.82) is 0 Å². The van der Waals surface area contributed by atoms with Crippen LogP contribution in [0.25, 0.3) is 0 Å². The van der Waals surface area contributed by atoms with Crippen molar-refractivity contribution in [2.24, 2.45) is 0 Å². The van der Waals surface area contributed by atoms with Crippen molar-refractivity contribution in [3.63, 3.8) is 0 Å². The van der Waals surface area contributed by atoms with Crippen LogP contribution >= 0.6 is 0 Å². The molecule has 2 aromatic rings. The summed E-state index contributed by atoms with van der Waals surface area (Å²) >= 11 is 0. The highest BCUT2D eigenvalue weighted by Gasteiger charge is 2.23. The summed E-state index contributed by atoms with van der Waals surface area (Å²) in [6.45, 7) is 2.46. The van der Waals surface area contributed by atoms with Gasteiger partial charge in [0.2, 0.25) is 0 Å². The van der Waals surface area contributed by atoms with Crippen LogP contribution in [0.3, 0.4) is 0 Å². The number of aromatic nitrogens is 2. The van der Waals surface area contributed by atoms with Gasteiger partial charge in [0, 0.05) is 12.7 Å². The normalized spacial score (nSPS) is 17.7. The van der Waals surface area contributed by atoms with Gasteiger partial charge in [-0.3, -0.25) is 4.79 Å². The molecule has 0 spiro atoms. The molecule has 3 rings (SSSR count). The number of carbonyl (C=O) groups excluding carboxylic acids is 1. The Morgan fingerprint density at radius 1 is 1.38 bits per heavy atom. The zero-order valence-electron chi connectivity index (χ0n) is 11.6. The summed E-state index contributed by atoms with van der Waals surface area (Å²) in [5.41, 5.74) is 0.762. The average Bonchev–Trinajstić information content (AvgIpc) is 3.13. The molecule has 21 heavy (non-hydrogen) atoms. The molecule has 0 saturated carbocycles. The van der Waals surface area contributed by atoms with E-state index in [-0.39, 0.29) is 12.0 Å². The Morgan fingerprint density at radius 3 is 2.90 bits per heavy atom. The number of hydrogen-bond donors (Lipinski definition) is 2. The predicted octanol–water partition coefficient (Wildman–Crippen LogP) is 2.24. The fourth-order valence-electron chi connectivity index (χ4n) is 2.11. The van der Waals surface area contributed by atoms with E-state index in [4.69, 9.17) is 9.26 Å². The van der Waals surface area contributed by atoms with Gasteiger partial charge in [0.05, 0.1) is 11.9 Å². The van der Waals surface area contributed by atoms with E-state index in [1.54, 1.807) is 18.3 Å². The second-order valence-corrected chi connectivity index (χ2v) is 4.87. The number of hydrogen-bond acceptors (Lipinski definition) is 6. The molecule has 1 amide bonds. The third-order valence-electron chi connectivity index (χ3n) is 3.14. The Kier molecular flexibility index (Phi) is 3.83. The van der Waals surface area contributed by atoms with Crippen LogP contribution in [-0.4, -0.2) is 28.8 Å². The summed E-state index contributed by atoms with van der Waals surface area (Å²) < 4.78 is 10.3. The lowest BCUT2D eigenvalue weighted by atomic mass is 10.2. The standard InChI is InChI=1S/C14H16N4O3/c1-9-7-13(18-21-9)16-10-4-5-12(15-8-10)17-14(19)11-3-2-6-20-11/h4-5,7-8,11H,2-3,6H2,1H3,(H,16,18)(H,15,17,19). The molecule has 0 radical (unpaired) electrons. The van der Waals surface area contributed by atoms with Crippen molar-refractivity contribution in [2.45, 2.75) is 25.9 Å². The van der Waals surface area contributed by atoms with Gasteiger partial charge in [-0.15, -0.1) is 0 Å². The molecule has 7 nitrogen and oxygen atoms in total. The van der Waals surface area contributed by atoms with E-state index >= 15 is 0 Å². The van der Waals surface area contributed by atoms with Gasteiger partial charge in [-0.1, -0.05) is 5.16 Å². The van der Waals surface area contributed by atoms with Crippen LogP contribution in [0, 0.1) is 6.92 Å². The first-order valence-corrected chi connectivity index (χ1v) is 6.79. The second kappa shape index (κ2) is 5.92. The Morgan fingerprint density at radius 2 is 2.29 bits per heavy atom. The molecule has 0 bridgehead atoms. The lowest BCUT2D eigenvalue weighted by Crippen LogP contribution is -2.27. The number of ether oxygens (including phenoxy) is 1. The summed E-state index contributed by atoms with van der Waals surface area (Å²) in [6, 6.07) is 5.32. The molecule has 110 valence electrons. The van der Waals surface area contributed by atoms with E-state index in [9.17, 15) is 4.79 Å². The molecular weight excluding hydrogens is 272 g/mol. The molecule has 2 aromatic heterocycles. The van der Waals surface area contributed by atoms with E-state index in [2.05, 4.69) is 20.8 Å². The fraction of sp³-hybridized carbons (Fsp3) is 0.357. The highest BCUT2D eigenvalue weighted by atomic mass is 16.5. The molecule has 7 heteroatoms. The first kappa shape index (κ1) is 13.6. The summed E-state index contributed by atoms with van der Waals surface area (Å²) in [4.78, 5) is 16.1.